The molecule has 0 unspecified atom stereocenters. The molecule has 0 saturated carbocycles. The normalized spacial score (nSPS) is 10.2. The topological polar surface area (TPSA) is 47.3 Å². The summed E-state index contributed by atoms with van der Waals surface area (Å²) in [6.07, 6.45) is 0. The fraction of sp³-hybridized carbons (Fsp3) is 0.133. The SMILES string of the molecule is COc1cccc(Cl)c1CNc1ccc(Cl)cc1C(N)=S. The van der Waals surface area contributed by atoms with Crippen molar-refractivity contribution < 1.29 is 4.74 Å². The van der Waals surface area contributed by atoms with Gasteiger partial charge >= 0.3 is 0 Å². The molecule has 0 aromatic heterocycles. The Labute approximate surface area is 139 Å². The molecule has 0 aliphatic rings. The molecule has 0 radical (unpaired) electrons. The van der Waals surface area contributed by atoms with Crippen molar-refractivity contribution in [1.29, 1.82) is 0 Å². The number of rotatable bonds is 5. The van der Waals surface area contributed by atoms with Crippen LogP contribution in [0.4, 0.5) is 5.69 Å². The van der Waals surface area contributed by atoms with Gasteiger partial charge in [-0.3, -0.25) is 0 Å². The molecule has 0 amide bonds. The molecule has 0 bridgehead atoms. The first-order valence-corrected chi connectivity index (χ1v) is 7.34. The molecule has 3 N–H and O–H groups in total. The highest BCUT2D eigenvalue weighted by Gasteiger charge is 2.10. The average molecular weight is 341 g/mol. The molecule has 0 heterocycles. The summed E-state index contributed by atoms with van der Waals surface area (Å²) in [5.41, 5.74) is 8.08. The third-order valence-corrected chi connectivity index (χ3v) is 3.81. The monoisotopic (exact) mass is 340 g/mol. The van der Waals surface area contributed by atoms with Crippen LogP contribution < -0.4 is 15.8 Å². The van der Waals surface area contributed by atoms with E-state index in [-0.39, 0.29) is 4.99 Å². The Bertz CT molecular complexity index is 677. The first kappa shape index (κ1) is 15.9. The van der Waals surface area contributed by atoms with Crippen molar-refractivity contribution in [2.45, 2.75) is 6.54 Å². The summed E-state index contributed by atoms with van der Waals surface area (Å²) in [6.45, 7) is 0.486. The lowest BCUT2D eigenvalue weighted by Gasteiger charge is -2.14. The molecular formula is C15H14Cl2N2OS. The number of hydrogen-bond acceptors (Lipinski definition) is 3. The van der Waals surface area contributed by atoms with Crippen LogP contribution in [0.25, 0.3) is 0 Å². The van der Waals surface area contributed by atoms with Crippen LogP contribution in [-0.4, -0.2) is 12.1 Å². The summed E-state index contributed by atoms with van der Waals surface area (Å²) < 4.78 is 5.32. The Hall–Kier alpha value is -1.49. The van der Waals surface area contributed by atoms with E-state index in [0.717, 1.165) is 17.0 Å². The third-order valence-electron chi connectivity index (χ3n) is 3.00. The van der Waals surface area contributed by atoms with Crippen molar-refractivity contribution in [3.05, 3.63) is 57.6 Å². The minimum absolute atomic E-state index is 0.283. The highest BCUT2D eigenvalue weighted by Crippen LogP contribution is 2.28. The van der Waals surface area contributed by atoms with E-state index in [9.17, 15) is 0 Å². The zero-order valence-electron chi connectivity index (χ0n) is 11.3. The Balaban J connectivity index is 2.27. The van der Waals surface area contributed by atoms with Gasteiger partial charge in [0.15, 0.2) is 0 Å². The van der Waals surface area contributed by atoms with Crippen LogP contribution in [-0.2, 0) is 6.54 Å². The minimum Gasteiger partial charge on any atom is -0.496 e. The molecule has 6 heteroatoms. The van der Waals surface area contributed by atoms with Gasteiger partial charge in [0.2, 0.25) is 0 Å². The molecule has 0 aliphatic heterocycles. The summed E-state index contributed by atoms with van der Waals surface area (Å²) in [6, 6.07) is 10.9. The van der Waals surface area contributed by atoms with Gasteiger partial charge in [-0.05, 0) is 30.3 Å². The maximum atomic E-state index is 6.21. The van der Waals surface area contributed by atoms with E-state index in [1.807, 2.05) is 24.3 Å². The first-order chi connectivity index (χ1) is 10.0. The predicted octanol–water partition coefficient (Wildman–Crippen LogP) is 4.25. The average Bonchev–Trinajstić information content (AvgIpc) is 2.46. The quantitative estimate of drug-likeness (QED) is 0.799. The Kier molecular flexibility index (Phi) is 5.28. The first-order valence-electron chi connectivity index (χ1n) is 6.17. The van der Waals surface area contributed by atoms with Crippen LogP contribution in [0, 0.1) is 0 Å². The second kappa shape index (κ2) is 6.98. The van der Waals surface area contributed by atoms with E-state index in [1.165, 1.54) is 0 Å². The zero-order chi connectivity index (χ0) is 15.4. The lowest BCUT2D eigenvalue weighted by Crippen LogP contribution is -2.13. The molecule has 2 rings (SSSR count). The number of hydrogen-bond donors (Lipinski definition) is 2. The second-order valence-corrected chi connectivity index (χ2v) is 5.61. The maximum Gasteiger partial charge on any atom is 0.125 e. The summed E-state index contributed by atoms with van der Waals surface area (Å²) in [5.74, 6) is 0.723. The molecule has 0 fully saturated rings. The van der Waals surface area contributed by atoms with Gasteiger partial charge in [-0.1, -0.05) is 41.5 Å². The molecule has 0 atom stereocenters. The standard InChI is InChI=1S/C15H14Cl2N2OS/c1-20-14-4-2-3-12(17)11(14)8-19-13-6-5-9(16)7-10(13)15(18)21/h2-7,19H,8H2,1H3,(H2,18,21). The van der Waals surface area contributed by atoms with Crippen molar-refractivity contribution in [2.24, 2.45) is 5.73 Å². The van der Waals surface area contributed by atoms with Crippen molar-refractivity contribution in [3.63, 3.8) is 0 Å². The highest BCUT2D eigenvalue weighted by molar-refractivity contribution is 7.80. The largest absolute Gasteiger partial charge is 0.496 e. The number of anilines is 1. The zero-order valence-corrected chi connectivity index (χ0v) is 13.6. The van der Waals surface area contributed by atoms with Crippen LogP contribution in [0.15, 0.2) is 36.4 Å². The van der Waals surface area contributed by atoms with Crippen LogP contribution in [0.3, 0.4) is 0 Å². The molecule has 2 aromatic carbocycles. The van der Waals surface area contributed by atoms with E-state index in [2.05, 4.69) is 5.32 Å². The Morgan fingerprint density at radius 1 is 1.29 bits per heavy atom. The minimum atomic E-state index is 0.283. The maximum absolute atomic E-state index is 6.21. The van der Waals surface area contributed by atoms with Crippen molar-refractivity contribution in [1.82, 2.24) is 0 Å². The molecule has 0 saturated heterocycles. The summed E-state index contributed by atoms with van der Waals surface area (Å²) in [7, 11) is 1.61. The van der Waals surface area contributed by atoms with Gasteiger partial charge in [0.25, 0.3) is 0 Å². The van der Waals surface area contributed by atoms with Crippen LogP contribution in [0.2, 0.25) is 10.0 Å². The number of ether oxygens (including phenoxy) is 1. The molecule has 0 spiro atoms. The number of methoxy groups -OCH3 is 1. The molecule has 3 nitrogen and oxygen atoms in total. The lowest BCUT2D eigenvalue weighted by molar-refractivity contribution is 0.410. The molecule has 110 valence electrons. The molecule has 21 heavy (non-hydrogen) atoms. The predicted molar refractivity (Wildman–Crippen MR) is 92.7 cm³/mol. The van der Waals surface area contributed by atoms with E-state index in [4.69, 9.17) is 45.9 Å². The summed E-state index contributed by atoms with van der Waals surface area (Å²) >= 11 is 17.2. The number of thiocarbonyl (C=S) groups is 1. The van der Waals surface area contributed by atoms with Crippen LogP contribution in [0.1, 0.15) is 11.1 Å². The van der Waals surface area contributed by atoms with Crippen LogP contribution in [0.5, 0.6) is 5.75 Å². The van der Waals surface area contributed by atoms with Gasteiger partial charge in [-0.15, -0.1) is 0 Å². The van der Waals surface area contributed by atoms with Gasteiger partial charge < -0.3 is 15.8 Å². The second-order valence-electron chi connectivity index (χ2n) is 4.33. The van der Waals surface area contributed by atoms with Crippen molar-refractivity contribution in [2.75, 3.05) is 12.4 Å². The van der Waals surface area contributed by atoms with Gasteiger partial charge in [0.1, 0.15) is 10.7 Å². The van der Waals surface area contributed by atoms with Crippen molar-refractivity contribution in [3.8, 4) is 5.75 Å². The smallest absolute Gasteiger partial charge is 0.125 e. The Morgan fingerprint density at radius 3 is 2.71 bits per heavy atom. The number of benzene rings is 2. The number of halogens is 2. The third kappa shape index (κ3) is 3.79. The van der Waals surface area contributed by atoms with Crippen molar-refractivity contribution >= 4 is 46.1 Å². The fourth-order valence-corrected chi connectivity index (χ4v) is 2.53. The summed E-state index contributed by atoms with van der Waals surface area (Å²) in [4.78, 5) is 0.283. The number of nitrogens with two attached hydrogens (primary N) is 1. The fourth-order valence-electron chi connectivity index (χ4n) is 1.96. The van der Waals surface area contributed by atoms with E-state index in [0.29, 0.717) is 22.2 Å². The molecule has 2 aromatic rings. The highest BCUT2D eigenvalue weighted by atomic mass is 35.5. The summed E-state index contributed by atoms with van der Waals surface area (Å²) in [5, 5.41) is 4.48. The number of nitrogens with one attached hydrogen (secondary N) is 1. The molecule has 0 aliphatic carbocycles. The molecular weight excluding hydrogens is 327 g/mol. The van der Waals surface area contributed by atoms with E-state index >= 15 is 0 Å². The Morgan fingerprint density at radius 2 is 2.05 bits per heavy atom. The van der Waals surface area contributed by atoms with E-state index in [1.54, 1.807) is 19.2 Å². The van der Waals surface area contributed by atoms with Gasteiger partial charge in [0.05, 0.1) is 7.11 Å². The lowest BCUT2D eigenvalue weighted by atomic mass is 10.1. The van der Waals surface area contributed by atoms with E-state index < -0.39 is 0 Å². The van der Waals surface area contributed by atoms with Gasteiger partial charge in [0, 0.05) is 33.4 Å². The van der Waals surface area contributed by atoms with Gasteiger partial charge in [-0.2, -0.15) is 0 Å². The van der Waals surface area contributed by atoms with Gasteiger partial charge in [-0.25, -0.2) is 0 Å². The van der Waals surface area contributed by atoms with Crippen LogP contribution >= 0.6 is 35.4 Å².